The summed E-state index contributed by atoms with van der Waals surface area (Å²) in [6.45, 7) is 3.63. The zero-order valence-electron chi connectivity index (χ0n) is 5.79. The number of carbonyl (C=O) groups excluding carboxylic acids is 1. The molecule has 0 aliphatic heterocycles. The predicted molar refractivity (Wildman–Crippen MR) is 38.8 cm³/mol. The van der Waals surface area contributed by atoms with Crippen LogP contribution in [0.2, 0.25) is 0 Å². The van der Waals surface area contributed by atoms with Gasteiger partial charge in [0, 0.05) is 16.6 Å². The smallest absolute Gasteiger partial charge is 0.135 e. The van der Waals surface area contributed by atoms with Crippen LogP contribution in [-0.2, 0) is 15.6 Å². The van der Waals surface area contributed by atoms with Gasteiger partial charge in [-0.2, -0.15) is 0 Å². The molecule has 0 aromatic rings. The largest absolute Gasteiger partial charge is 0.302 e. The van der Waals surface area contributed by atoms with Gasteiger partial charge in [0.15, 0.2) is 0 Å². The predicted octanol–water partition coefficient (Wildman–Crippen LogP) is 0.732. The summed E-state index contributed by atoms with van der Waals surface area (Å²) in [6, 6.07) is 0. The maximum absolute atomic E-state index is 10.9. The third-order valence-corrected chi connectivity index (χ3v) is 2.76. The Morgan fingerprint density at radius 1 is 1.67 bits per heavy atom. The lowest BCUT2D eigenvalue weighted by atomic mass is 10.5. The lowest BCUT2D eigenvalue weighted by Crippen LogP contribution is -2.14. The summed E-state index contributed by atoms with van der Waals surface area (Å²) in [5.74, 6) is 0.639. The van der Waals surface area contributed by atoms with Gasteiger partial charge in [0.1, 0.15) is 6.29 Å². The molecule has 2 unspecified atom stereocenters. The van der Waals surface area contributed by atoms with Crippen molar-refractivity contribution in [1.29, 1.82) is 0 Å². The van der Waals surface area contributed by atoms with E-state index in [2.05, 4.69) is 0 Å². The van der Waals surface area contributed by atoms with Crippen molar-refractivity contribution in [2.75, 3.05) is 5.75 Å². The fourth-order valence-corrected chi connectivity index (χ4v) is 1.35. The molecule has 0 heterocycles. The number of hydrogen-bond acceptors (Lipinski definition) is 2. The number of hydrogen-bond donors (Lipinski definition) is 0. The summed E-state index contributed by atoms with van der Waals surface area (Å²) in [4.78, 5) is 10.0. The minimum absolute atomic E-state index is 0.287. The standard InChI is InChI=1S/C6H12O2S/c1-3-4-9(8)6(2)5-7/h5-6H,3-4H2,1-2H3. The van der Waals surface area contributed by atoms with Crippen molar-refractivity contribution in [3.63, 3.8) is 0 Å². The molecule has 0 N–H and O–H groups in total. The van der Waals surface area contributed by atoms with Crippen molar-refractivity contribution in [3.8, 4) is 0 Å². The molecule has 54 valence electrons. The Bertz CT molecular complexity index is 112. The van der Waals surface area contributed by atoms with Gasteiger partial charge in [0.05, 0.1) is 5.25 Å². The van der Waals surface area contributed by atoms with Gasteiger partial charge < -0.3 is 4.79 Å². The van der Waals surface area contributed by atoms with Crippen LogP contribution in [0.3, 0.4) is 0 Å². The summed E-state index contributed by atoms with van der Waals surface area (Å²) < 4.78 is 10.9. The van der Waals surface area contributed by atoms with Crippen LogP contribution >= 0.6 is 0 Å². The Kier molecular flexibility index (Phi) is 4.58. The average Bonchev–Trinajstić information content (AvgIpc) is 1.87. The van der Waals surface area contributed by atoms with E-state index in [-0.39, 0.29) is 5.25 Å². The molecule has 0 aromatic carbocycles. The Morgan fingerprint density at radius 3 is 2.56 bits per heavy atom. The van der Waals surface area contributed by atoms with E-state index in [1.165, 1.54) is 0 Å². The number of aldehydes is 1. The van der Waals surface area contributed by atoms with Crippen molar-refractivity contribution in [3.05, 3.63) is 0 Å². The van der Waals surface area contributed by atoms with E-state index < -0.39 is 10.8 Å². The number of carbonyl (C=O) groups is 1. The zero-order chi connectivity index (χ0) is 7.28. The van der Waals surface area contributed by atoms with Gasteiger partial charge in [-0.05, 0) is 13.3 Å². The summed E-state index contributed by atoms with van der Waals surface area (Å²) in [5.41, 5.74) is 0. The van der Waals surface area contributed by atoms with Gasteiger partial charge in [-0.25, -0.2) is 0 Å². The van der Waals surface area contributed by atoms with Gasteiger partial charge in [-0.3, -0.25) is 4.21 Å². The molecule has 0 aliphatic carbocycles. The molecule has 0 fully saturated rings. The van der Waals surface area contributed by atoms with E-state index in [1.54, 1.807) is 6.92 Å². The summed E-state index contributed by atoms with van der Waals surface area (Å²) in [5, 5.41) is -0.287. The van der Waals surface area contributed by atoms with Gasteiger partial charge in [0.2, 0.25) is 0 Å². The maximum atomic E-state index is 10.9. The van der Waals surface area contributed by atoms with Crippen molar-refractivity contribution >= 4 is 17.1 Å². The molecule has 0 aromatic heterocycles. The molecule has 2 atom stereocenters. The first-order chi connectivity index (χ1) is 4.22. The second kappa shape index (κ2) is 4.68. The first-order valence-corrected chi connectivity index (χ1v) is 4.43. The summed E-state index contributed by atoms with van der Waals surface area (Å²) >= 11 is 0. The number of rotatable bonds is 4. The topological polar surface area (TPSA) is 34.1 Å². The Hall–Kier alpha value is -0.180. The van der Waals surface area contributed by atoms with Crippen molar-refractivity contribution < 1.29 is 9.00 Å². The zero-order valence-corrected chi connectivity index (χ0v) is 6.61. The highest BCUT2D eigenvalue weighted by Crippen LogP contribution is 1.93. The van der Waals surface area contributed by atoms with E-state index in [0.717, 1.165) is 12.7 Å². The first-order valence-electron chi connectivity index (χ1n) is 3.04. The van der Waals surface area contributed by atoms with Gasteiger partial charge in [0.25, 0.3) is 0 Å². The average molecular weight is 148 g/mol. The maximum Gasteiger partial charge on any atom is 0.135 e. The molecule has 3 heteroatoms. The van der Waals surface area contributed by atoms with Crippen LogP contribution in [0, 0.1) is 0 Å². The van der Waals surface area contributed by atoms with E-state index in [9.17, 15) is 9.00 Å². The summed E-state index contributed by atoms with van der Waals surface area (Å²) in [6.07, 6.45) is 1.62. The van der Waals surface area contributed by atoms with Gasteiger partial charge >= 0.3 is 0 Å². The molecule has 0 radical (unpaired) electrons. The molecular weight excluding hydrogens is 136 g/mol. The van der Waals surface area contributed by atoms with E-state index in [1.807, 2.05) is 6.92 Å². The third-order valence-electron chi connectivity index (χ3n) is 1.01. The van der Waals surface area contributed by atoms with Crippen molar-refractivity contribution in [2.24, 2.45) is 0 Å². The second-order valence-corrected chi connectivity index (χ2v) is 3.84. The molecule has 9 heavy (non-hydrogen) atoms. The SMILES string of the molecule is CCCS(=O)C(C)C=O. The Morgan fingerprint density at radius 2 is 2.22 bits per heavy atom. The van der Waals surface area contributed by atoms with Crippen LogP contribution in [0.1, 0.15) is 20.3 Å². The van der Waals surface area contributed by atoms with E-state index in [0.29, 0.717) is 5.75 Å². The Balaban J connectivity index is 3.58. The fourth-order valence-electron chi connectivity index (χ4n) is 0.449. The van der Waals surface area contributed by atoms with Crippen LogP contribution in [0.15, 0.2) is 0 Å². The minimum Gasteiger partial charge on any atom is -0.302 e. The lowest BCUT2D eigenvalue weighted by molar-refractivity contribution is -0.107. The quantitative estimate of drug-likeness (QED) is 0.551. The van der Waals surface area contributed by atoms with Crippen LogP contribution in [0.25, 0.3) is 0 Å². The van der Waals surface area contributed by atoms with E-state index >= 15 is 0 Å². The first kappa shape index (κ1) is 8.82. The molecule has 0 aliphatic rings. The molecule has 0 spiro atoms. The summed E-state index contributed by atoms with van der Waals surface area (Å²) in [7, 11) is -0.933. The molecule has 0 rings (SSSR count). The van der Waals surface area contributed by atoms with Crippen LogP contribution in [0.4, 0.5) is 0 Å². The highest BCUT2D eigenvalue weighted by atomic mass is 32.2. The lowest BCUT2D eigenvalue weighted by Gasteiger charge is -1.99. The van der Waals surface area contributed by atoms with Gasteiger partial charge in [-0.1, -0.05) is 6.92 Å². The van der Waals surface area contributed by atoms with Crippen molar-refractivity contribution in [1.82, 2.24) is 0 Å². The fraction of sp³-hybridized carbons (Fsp3) is 0.833. The third kappa shape index (κ3) is 3.40. The van der Waals surface area contributed by atoms with Gasteiger partial charge in [-0.15, -0.1) is 0 Å². The highest BCUT2D eigenvalue weighted by molar-refractivity contribution is 7.86. The second-order valence-electron chi connectivity index (χ2n) is 1.93. The normalized spacial score (nSPS) is 16.7. The molecule has 0 saturated heterocycles. The van der Waals surface area contributed by atoms with E-state index in [4.69, 9.17) is 0 Å². The molecule has 0 amide bonds. The van der Waals surface area contributed by atoms with Crippen LogP contribution in [-0.4, -0.2) is 21.5 Å². The van der Waals surface area contributed by atoms with Crippen molar-refractivity contribution in [2.45, 2.75) is 25.5 Å². The van der Waals surface area contributed by atoms with Crippen LogP contribution in [0.5, 0.6) is 0 Å². The molecule has 0 saturated carbocycles. The molecule has 0 bridgehead atoms. The highest BCUT2D eigenvalue weighted by Gasteiger charge is 2.06. The molecule has 2 nitrogen and oxygen atoms in total. The monoisotopic (exact) mass is 148 g/mol. The Labute approximate surface area is 58.1 Å². The minimum atomic E-state index is -0.933. The molecular formula is C6H12O2S. The van der Waals surface area contributed by atoms with Crippen LogP contribution < -0.4 is 0 Å².